The molecule has 3 aromatic carbocycles. The Bertz CT molecular complexity index is 1010. The Kier molecular flexibility index (Phi) is 4.43. The highest BCUT2D eigenvalue weighted by Crippen LogP contribution is 2.42. The summed E-state index contributed by atoms with van der Waals surface area (Å²) in [5.41, 5.74) is 6.84. The first-order valence-corrected chi connectivity index (χ1v) is 8.94. The average Bonchev–Trinajstić information content (AvgIpc) is 3.02. The predicted octanol–water partition coefficient (Wildman–Crippen LogP) is 5.64. The van der Waals surface area contributed by atoms with Crippen molar-refractivity contribution in [3.8, 4) is 11.1 Å². The quantitative estimate of drug-likeness (QED) is 0.609. The zero-order chi connectivity index (χ0) is 18.8. The number of rotatable bonds is 3. The summed E-state index contributed by atoms with van der Waals surface area (Å²) in [6.45, 7) is 5.88. The van der Waals surface area contributed by atoms with Crippen LogP contribution in [0.15, 0.2) is 90.4 Å². The minimum Gasteiger partial charge on any atom is -0.325 e. The van der Waals surface area contributed by atoms with E-state index in [9.17, 15) is 4.79 Å². The molecule has 4 rings (SSSR count). The van der Waals surface area contributed by atoms with E-state index in [0.717, 1.165) is 33.4 Å². The molecule has 1 N–H and O–H groups in total. The third kappa shape index (κ3) is 3.20. The van der Waals surface area contributed by atoms with Gasteiger partial charge in [-0.25, -0.2) is 4.79 Å². The van der Waals surface area contributed by atoms with E-state index in [1.807, 2.05) is 61.5 Å². The van der Waals surface area contributed by atoms with Gasteiger partial charge in [-0.15, -0.1) is 0 Å². The number of hydrogen-bond acceptors (Lipinski definition) is 1. The number of carbonyl (C=O) groups excluding carboxylic acids is 1. The molecule has 1 aliphatic rings. The second kappa shape index (κ2) is 7.04. The number of hydrogen-bond donors (Lipinski definition) is 1. The summed E-state index contributed by atoms with van der Waals surface area (Å²) in [6.07, 6.45) is 0. The minimum absolute atomic E-state index is 0.188. The number of aliphatic imine (C=N–C) groups is 1. The van der Waals surface area contributed by atoms with Gasteiger partial charge >= 0.3 is 6.03 Å². The van der Waals surface area contributed by atoms with E-state index < -0.39 is 0 Å². The summed E-state index contributed by atoms with van der Waals surface area (Å²) in [7, 11) is 0. The SMILES string of the molecule is C=C(C(C)=NC(=O)NC1c2ccccc2-c2ccccc21)c1ccccc1. The molecule has 3 aromatic rings. The van der Waals surface area contributed by atoms with Crippen LogP contribution in [0, 0.1) is 0 Å². The number of nitrogens with one attached hydrogen (secondary N) is 1. The van der Waals surface area contributed by atoms with Crippen LogP contribution in [0.4, 0.5) is 4.79 Å². The molecule has 3 nitrogen and oxygen atoms in total. The van der Waals surface area contributed by atoms with Gasteiger partial charge in [-0.2, -0.15) is 4.99 Å². The highest BCUT2D eigenvalue weighted by Gasteiger charge is 2.29. The van der Waals surface area contributed by atoms with E-state index in [0.29, 0.717) is 5.71 Å². The molecule has 0 spiro atoms. The van der Waals surface area contributed by atoms with Crippen LogP contribution in [0.1, 0.15) is 29.7 Å². The summed E-state index contributed by atoms with van der Waals surface area (Å²) in [4.78, 5) is 16.9. The van der Waals surface area contributed by atoms with E-state index in [-0.39, 0.29) is 12.1 Å². The number of amides is 2. The fraction of sp³-hybridized carbons (Fsp3) is 0.0833. The summed E-state index contributed by atoms with van der Waals surface area (Å²) < 4.78 is 0. The van der Waals surface area contributed by atoms with Crippen LogP contribution in [-0.2, 0) is 0 Å². The summed E-state index contributed by atoms with van der Waals surface area (Å²) in [5, 5.41) is 3.06. The lowest BCUT2D eigenvalue weighted by atomic mass is 10.0. The molecule has 1 aliphatic carbocycles. The highest BCUT2D eigenvalue weighted by molar-refractivity contribution is 6.24. The maximum absolute atomic E-state index is 12.6. The Morgan fingerprint density at radius 2 is 1.37 bits per heavy atom. The number of nitrogens with zero attached hydrogens (tertiary/aromatic N) is 1. The number of urea groups is 1. The highest BCUT2D eigenvalue weighted by atomic mass is 16.2. The largest absolute Gasteiger partial charge is 0.341 e. The Labute approximate surface area is 159 Å². The van der Waals surface area contributed by atoms with E-state index in [1.54, 1.807) is 0 Å². The van der Waals surface area contributed by atoms with Crippen LogP contribution in [0.25, 0.3) is 16.7 Å². The topological polar surface area (TPSA) is 41.5 Å². The van der Waals surface area contributed by atoms with E-state index in [1.165, 1.54) is 0 Å². The number of allylic oxidation sites excluding steroid dienone is 1. The lowest BCUT2D eigenvalue weighted by molar-refractivity contribution is 0.247. The van der Waals surface area contributed by atoms with Gasteiger partial charge in [-0.1, -0.05) is 85.4 Å². The zero-order valence-corrected chi connectivity index (χ0v) is 15.1. The van der Waals surface area contributed by atoms with Gasteiger partial charge in [0.1, 0.15) is 0 Å². The van der Waals surface area contributed by atoms with Gasteiger partial charge in [-0.05, 0) is 40.3 Å². The Balaban J connectivity index is 1.59. The van der Waals surface area contributed by atoms with Crippen LogP contribution in [0.5, 0.6) is 0 Å². The molecule has 3 heteroatoms. The molecule has 27 heavy (non-hydrogen) atoms. The molecule has 0 atom stereocenters. The number of fused-ring (bicyclic) bond motifs is 3. The van der Waals surface area contributed by atoms with Crippen LogP contribution >= 0.6 is 0 Å². The first-order valence-electron chi connectivity index (χ1n) is 8.94. The van der Waals surface area contributed by atoms with Crippen LogP contribution in [0.2, 0.25) is 0 Å². The fourth-order valence-corrected chi connectivity index (χ4v) is 3.53. The molecule has 0 radical (unpaired) electrons. The predicted molar refractivity (Wildman–Crippen MR) is 111 cm³/mol. The molecule has 0 bridgehead atoms. The molecule has 0 unspecified atom stereocenters. The molecule has 2 amide bonds. The standard InChI is InChI=1S/C24H20N2O/c1-16(18-10-4-3-5-11-18)17(2)25-24(27)26-23-21-14-8-6-12-19(21)20-13-7-9-15-22(20)23/h3-15,23H,1H2,2H3,(H,26,27). The van der Waals surface area contributed by atoms with Crippen molar-refractivity contribution in [2.24, 2.45) is 4.99 Å². The van der Waals surface area contributed by atoms with Gasteiger partial charge in [0.05, 0.1) is 11.8 Å². The van der Waals surface area contributed by atoms with Gasteiger partial charge in [0.15, 0.2) is 0 Å². The summed E-state index contributed by atoms with van der Waals surface area (Å²) >= 11 is 0. The number of carbonyl (C=O) groups is 1. The molecule has 0 aromatic heterocycles. The lowest BCUT2D eigenvalue weighted by Gasteiger charge is -2.14. The van der Waals surface area contributed by atoms with Gasteiger partial charge in [-0.3, -0.25) is 0 Å². The molecular weight excluding hydrogens is 332 g/mol. The van der Waals surface area contributed by atoms with Gasteiger partial charge < -0.3 is 5.32 Å². The first-order chi connectivity index (χ1) is 13.1. The van der Waals surface area contributed by atoms with Crippen LogP contribution in [0.3, 0.4) is 0 Å². The van der Waals surface area contributed by atoms with Crippen molar-refractivity contribution < 1.29 is 4.79 Å². The molecule has 0 saturated heterocycles. The molecule has 0 fully saturated rings. The molecule has 0 aliphatic heterocycles. The zero-order valence-electron chi connectivity index (χ0n) is 15.1. The van der Waals surface area contributed by atoms with Gasteiger partial charge in [0, 0.05) is 0 Å². The minimum atomic E-state index is -0.360. The van der Waals surface area contributed by atoms with Crippen molar-refractivity contribution in [1.82, 2.24) is 5.32 Å². The van der Waals surface area contributed by atoms with Gasteiger partial charge in [0.25, 0.3) is 0 Å². The van der Waals surface area contributed by atoms with Crippen molar-refractivity contribution in [2.45, 2.75) is 13.0 Å². The summed E-state index contributed by atoms with van der Waals surface area (Å²) in [6, 6.07) is 25.5. The van der Waals surface area contributed by atoms with Crippen molar-refractivity contribution in [2.75, 3.05) is 0 Å². The molecule has 0 saturated carbocycles. The Morgan fingerprint density at radius 1 is 0.852 bits per heavy atom. The Hall–Kier alpha value is -3.46. The maximum Gasteiger partial charge on any atom is 0.341 e. The molecule has 0 heterocycles. The smallest absolute Gasteiger partial charge is 0.325 e. The van der Waals surface area contributed by atoms with Crippen LogP contribution < -0.4 is 5.32 Å². The second-order valence-electron chi connectivity index (χ2n) is 6.60. The van der Waals surface area contributed by atoms with Crippen molar-refractivity contribution in [1.29, 1.82) is 0 Å². The molecular formula is C24H20N2O. The fourth-order valence-electron chi connectivity index (χ4n) is 3.53. The van der Waals surface area contributed by atoms with Crippen molar-refractivity contribution in [3.05, 3.63) is 102 Å². The van der Waals surface area contributed by atoms with E-state index >= 15 is 0 Å². The normalized spacial score (nSPS) is 13.0. The van der Waals surface area contributed by atoms with Gasteiger partial charge in [0.2, 0.25) is 0 Å². The number of benzene rings is 3. The third-order valence-corrected chi connectivity index (χ3v) is 4.93. The third-order valence-electron chi connectivity index (χ3n) is 4.93. The lowest BCUT2D eigenvalue weighted by Crippen LogP contribution is -2.26. The molecule has 132 valence electrons. The first kappa shape index (κ1) is 17.0. The average molecular weight is 352 g/mol. The summed E-state index contributed by atoms with van der Waals surface area (Å²) in [5.74, 6) is 0. The van der Waals surface area contributed by atoms with Crippen molar-refractivity contribution in [3.63, 3.8) is 0 Å². The van der Waals surface area contributed by atoms with Crippen LogP contribution in [-0.4, -0.2) is 11.7 Å². The van der Waals surface area contributed by atoms with E-state index in [2.05, 4.69) is 41.2 Å². The van der Waals surface area contributed by atoms with E-state index in [4.69, 9.17) is 0 Å². The monoisotopic (exact) mass is 352 g/mol. The second-order valence-corrected chi connectivity index (χ2v) is 6.60. The Morgan fingerprint density at radius 3 is 1.96 bits per heavy atom. The van der Waals surface area contributed by atoms with Crippen molar-refractivity contribution >= 4 is 17.3 Å². The maximum atomic E-state index is 12.6.